The topological polar surface area (TPSA) is 29.1 Å². The third kappa shape index (κ3) is 2.77. The SMILES string of the molecule is O=C(CCl)NC(C1CCC1)C(F)(F)F. The van der Waals surface area contributed by atoms with Crippen LogP contribution in [0.3, 0.4) is 0 Å². The summed E-state index contributed by atoms with van der Waals surface area (Å²) in [6.45, 7) is 0. The lowest BCUT2D eigenvalue weighted by Gasteiger charge is -2.35. The maximum atomic E-state index is 12.4. The Balaban J connectivity index is 2.57. The van der Waals surface area contributed by atoms with Gasteiger partial charge in [-0.3, -0.25) is 4.79 Å². The third-order valence-electron chi connectivity index (χ3n) is 2.41. The summed E-state index contributed by atoms with van der Waals surface area (Å²) >= 11 is 5.13. The highest BCUT2D eigenvalue weighted by molar-refractivity contribution is 6.27. The zero-order valence-corrected chi connectivity index (χ0v) is 8.16. The highest BCUT2D eigenvalue weighted by atomic mass is 35.5. The number of halogens is 4. The number of rotatable bonds is 3. The number of amides is 1. The zero-order chi connectivity index (χ0) is 10.8. The molecule has 0 aromatic carbocycles. The van der Waals surface area contributed by atoms with Crippen LogP contribution in [0.15, 0.2) is 0 Å². The first-order valence-corrected chi connectivity index (χ1v) is 4.90. The van der Waals surface area contributed by atoms with Gasteiger partial charge < -0.3 is 5.32 Å². The molecule has 1 atom stereocenters. The van der Waals surface area contributed by atoms with Gasteiger partial charge in [0.15, 0.2) is 0 Å². The van der Waals surface area contributed by atoms with Crippen molar-refractivity contribution < 1.29 is 18.0 Å². The van der Waals surface area contributed by atoms with E-state index in [4.69, 9.17) is 11.6 Å². The second kappa shape index (κ2) is 4.38. The van der Waals surface area contributed by atoms with E-state index in [2.05, 4.69) is 0 Å². The first kappa shape index (κ1) is 11.6. The maximum Gasteiger partial charge on any atom is 0.408 e. The van der Waals surface area contributed by atoms with E-state index in [1.807, 2.05) is 5.32 Å². The van der Waals surface area contributed by atoms with E-state index in [9.17, 15) is 18.0 Å². The van der Waals surface area contributed by atoms with Crippen molar-refractivity contribution in [3.8, 4) is 0 Å². The monoisotopic (exact) mass is 229 g/mol. The minimum Gasteiger partial charge on any atom is -0.343 e. The lowest BCUT2D eigenvalue weighted by molar-refractivity contribution is -0.177. The van der Waals surface area contributed by atoms with Crippen LogP contribution >= 0.6 is 11.6 Å². The van der Waals surface area contributed by atoms with E-state index in [1.165, 1.54) is 0 Å². The first-order valence-electron chi connectivity index (χ1n) is 4.37. The smallest absolute Gasteiger partial charge is 0.343 e. The van der Waals surface area contributed by atoms with E-state index in [0.717, 1.165) is 6.42 Å². The second-order valence-corrected chi connectivity index (χ2v) is 3.68. The fourth-order valence-corrected chi connectivity index (χ4v) is 1.53. The van der Waals surface area contributed by atoms with Gasteiger partial charge in [-0.15, -0.1) is 11.6 Å². The summed E-state index contributed by atoms with van der Waals surface area (Å²) in [6, 6.07) is -1.72. The van der Waals surface area contributed by atoms with Crippen LogP contribution in [0.2, 0.25) is 0 Å². The van der Waals surface area contributed by atoms with E-state index >= 15 is 0 Å². The summed E-state index contributed by atoms with van der Waals surface area (Å²) < 4.78 is 37.3. The molecule has 0 radical (unpaired) electrons. The molecule has 1 saturated carbocycles. The fraction of sp³-hybridized carbons (Fsp3) is 0.875. The van der Waals surface area contributed by atoms with Crippen LogP contribution in [0.5, 0.6) is 0 Å². The molecule has 82 valence electrons. The summed E-state index contributed by atoms with van der Waals surface area (Å²) in [7, 11) is 0. The Morgan fingerprint density at radius 1 is 1.50 bits per heavy atom. The van der Waals surface area contributed by atoms with Crippen LogP contribution < -0.4 is 5.32 Å². The standard InChI is InChI=1S/C8H11ClF3NO/c9-4-6(14)13-7(8(10,11)12)5-2-1-3-5/h5,7H,1-4H2,(H,13,14). The molecular weight excluding hydrogens is 219 g/mol. The van der Waals surface area contributed by atoms with E-state index < -0.39 is 29.9 Å². The van der Waals surface area contributed by atoms with Crippen LogP contribution in [0.4, 0.5) is 13.2 Å². The molecule has 1 N–H and O–H groups in total. The second-order valence-electron chi connectivity index (χ2n) is 3.41. The van der Waals surface area contributed by atoms with E-state index in [1.54, 1.807) is 0 Å². The van der Waals surface area contributed by atoms with Crippen LogP contribution in [-0.4, -0.2) is 24.0 Å². The van der Waals surface area contributed by atoms with E-state index in [0.29, 0.717) is 12.8 Å². The number of nitrogens with one attached hydrogen (secondary N) is 1. The number of hydrogen-bond acceptors (Lipinski definition) is 1. The summed E-state index contributed by atoms with van der Waals surface area (Å²) in [6.07, 6.45) is -2.53. The minimum atomic E-state index is -4.37. The molecule has 1 unspecified atom stereocenters. The number of carbonyl (C=O) groups excluding carboxylic acids is 1. The van der Waals surface area contributed by atoms with Crippen LogP contribution in [0.1, 0.15) is 19.3 Å². The molecule has 0 aromatic heterocycles. The van der Waals surface area contributed by atoms with Crippen molar-refractivity contribution in [1.82, 2.24) is 5.32 Å². The molecule has 0 heterocycles. The van der Waals surface area contributed by atoms with Crippen molar-refractivity contribution in [3.63, 3.8) is 0 Å². The van der Waals surface area contributed by atoms with Gasteiger partial charge in [-0.2, -0.15) is 13.2 Å². The number of alkyl halides is 4. The largest absolute Gasteiger partial charge is 0.408 e. The molecule has 1 aliphatic rings. The molecular formula is C8H11ClF3NO. The average Bonchev–Trinajstić information content (AvgIpc) is 1.98. The summed E-state index contributed by atoms with van der Waals surface area (Å²) in [5.41, 5.74) is 0. The van der Waals surface area contributed by atoms with Gasteiger partial charge in [-0.05, 0) is 18.8 Å². The fourth-order valence-electron chi connectivity index (χ4n) is 1.45. The molecule has 1 aliphatic carbocycles. The number of carbonyl (C=O) groups is 1. The molecule has 14 heavy (non-hydrogen) atoms. The van der Waals surface area contributed by atoms with Crippen molar-refractivity contribution in [3.05, 3.63) is 0 Å². The zero-order valence-electron chi connectivity index (χ0n) is 7.40. The Morgan fingerprint density at radius 3 is 2.36 bits per heavy atom. The van der Waals surface area contributed by atoms with Crippen molar-refractivity contribution in [2.45, 2.75) is 31.5 Å². The molecule has 1 rings (SSSR count). The van der Waals surface area contributed by atoms with Gasteiger partial charge in [0.05, 0.1) is 0 Å². The predicted molar refractivity (Wildman–Crippen MR) is 46.0 cm³/mol. The van der Waals surface area contributed by atoms with Gasteiger partial charge in [-0.1, -0.05) is 6.42 Å². The van der Waals surface area contributed by atoms with Gasteiger partial charge in [0.2, 0.25) is 5.91 Å². The Bertz CT molecular complexity index is 215. The third-order valence-corrected chi connectivity index (χ3v) is 2.65. The van der Waals surface area contributed by atoms with Gasteiger partial charge in [0.1, 0.15) is 11.9 Å². The van der Waals surface area contributed by atoms with Crippen LogP contribution in [0.25, 0.3) is 0 Å². The van der Waals surface area contributed by atoms with Gasteiger partial charge in [0.25, 0.3) is 0 Å². The highest BCUT2D eigenvalue weighted by Gasteiger charge is 2.47. The lowest BCUT2D eigenvalue weighted by Crippen LogP contribution is -2.52. The molecule has 0 saturated heterocycles. The Labute approximate surface area is 84.8 Å². The molecule has 1 amide bonds. The Morgan fingerprint density at radius 2 is 2.07 bits per heavy atom. The molecule has 0 bridgehead atoms. The van der Waals surface area contributed by atoms with Gasteiger partial charge in [0, 0.05) is 0 Å². The Hall–Kier alpha value is -0.450. The van der Waals surface area contributed by atoms with Crippen LogP contribution in [0, 0.1) is 5.92 Å². The summed E-state index contributed by atoms with van der Waals surface area (Å²) in [5, 5.41) is 1.91. The van der Waals surface area contributed by atoms with Crippen molar-refractivity contribution in [2.24, 2.45) is 5.92 Å². The quantitative estimate of drug-likeness (QED) is 0.738. The highest BCUT2D eigenvalue weighted by Crippen LogP contribution is 2.37. The molecule has 6 heteroatoms. The van der Waals surface area contributed by atoms with E-state index in [-0.39, 0.29) is 0 Å². The first-order chi connectivity index (χ1) is 6.45. The van der Waals surface area contributed by atoms with Gasteiger partial charge >= 0.3 is 6.18 Å². The summed E-state index contributed by atoms with van der Waals surface area (Å²) in [4.78, 5) is 10.8. The van der Waals surface area contributed by atoms with Gasteiger partial charge in [-0.25, -0.2) is 0 Å². The van der Waals surface area contributed by atoms with Crippen molar-refractivity contribution in [1.29, 1.82) is 0 Å². The summed E-state index contributed by atoms with van der Waals surface area (Å²) in [5.74, 6) is -1.66. The molecule has 0 spiro atoms. The normalized spacial score (nSPS) is 20.0. The maximum absolute atomic E-state index is 12.4. The Kier molecular flexibility index (Phi) is 3.64. The molecule has 0 aromatic rings. The van der Waals surface area contributed by atoms with Crippen LogP contribution in [-0.2, 0) is 4.79 Å². The number of hydrogen-bond donors (Lipinski definition) is 1. The predicted octanol–water partition coefficient (Wildman–Crippen LogP) is 2.07. The molecule has 1 fully saturated rings. The average molecular weight is 230 g/mol. The molecule has 0 aliphatic heterocycles. The lowest BCUT2D eigenvalue weighted by atomic mass is 9.79. The molecule has 2 nitrogen and oxygen atoms in total. The van der Waals surface area contributed by atoms with Crippen molar-refractivity contribution >= 4 is 17.5 Å². The van der Waals surface area contributed by atoms with Crippen molar-refractivity contribution in [2.75, 3.05) is 5.88 Å². The minimum absolute atomic E-state index is 0.431.